The molecule has 1 unspecified atom stereocenters. The van der Waals surface area contributed by atoms with Gasteiger partial charge in [0.1, 0.15) is 5.75 Å². The summed E-state index contributed by atoms with van der Waals surface area (Å²) in [5.41, 5.74) is 1.56. The third-order valence-electron chi connectivity index (χ3n) is 7.27. The van der Waals surface area contributed by atoms with E-state index in [1.165, 1.54) is 17.5 Å². The summed E-state index contributed by atoms with van der Waals surface area (Å²) in [5.74, 6) is 2.62. The molecule has 0 bridgehead atoms. The van der Waals surface area contributed by atoms with Crippen molar-refractivity contribution in [1.82, 2.24) is 0 Å². The van der Waals surface area contributed by atoms with Gasteiger partial charge in [-0.25, -0.2) is 0 Å². The summed E-state index contributed by atoms with van der Waals surface area (Å²) < 4.78 is 5.37. The molecule has 1 aromatic carbocycles. The van der Waals surface area contributed by atoms with Crippen LogP contribution in [0.5, 0.6) is 5.75 Å². The maximum Gasteiger partial charge on any atom is 0.156 e. The Bertz CT molecular complexity index is 679. The lowest BCUT2D eigenvalue weighted by molar-refractivity contribution is -0.0660. The Morgan fingerprint density at radius 2 is 2.09 bits per heavy atom. The molecule has 0 aliphatic heterocycles. The second-order valence-corrected chi connectivity index (χ2v) is 7.95. The first-order valence-electron chi connectivity index (χ1n) is 8.83. The van der Waals surface area contributed by atoms with Gasteiger partial charge in [0.2, 0.25) is 0 Å². The van der Waals surface area contributed by atoms with Crippen molar-refractivity contribution in [2.75, 3.05) is 7.11 Å². The topological polar surface area (TPSA) is 53.2 Å². The quantitative estimate of drug-likeness (QED) is 0.802. The minimum absolute atomic E-state index is 0.229. The lowest BCUT2D eigenvalue weighted by atomic mass is 9.53. The number of methoxy groups -OCH3 is 1. The van der Waals surface area contributed by atoms with Crippen molar-refractivity contribution in [3.05, 3.63) is 29.3 Å². The average Bonchev–Trinajstić information content (AvgIpc) is 2.86. The Balaban J connectivity index is 1.70. The van der Waals surface area contributed by atoms with Gasteiger partial charge in [-0.2, -0.15) is 5.26 Å². The van der Waals surface area contributed by atoms with Crippen LogP contribution >= 0.6 is 0 Å². The molecule has 0 heterocycles. The van der Waals surface area contributed by atoms with Gasteiger partial charge >= 0.3 is 0 Å². The van der Waals surface area contributed by atoms with Crippen molar-refractivity contribution < 1.29 is 9.84 Å². The summed E-state index contributed by atoms with van der Waals surface area (Å²) in [6, 6.07) is 8.77. The van der Waals surface area contributed by atoms with Crippen LogP contribution in [0.25, 0.3) is 0 Å². The van der Waals surface area contributed by atoms with Crippen molar-refractivity contribution in [1.29, 1.82) is 5.26 Å². The average molecular weight is 311 g/mol. The lowest BCUT2D eigenvalue weighted by Crippen LogP contribution is -2.50. The van der Waals surface area contributed by atoms with E-state index in [0.29, 0.717) is 24.2 Å². The predicted molar refractivity (Wildman–Crippen MR) is 88.2 cm³/mol. The fourth-order valence-electron chi connectivity index (χ4n) is 5.89. The van der Waals surface area contributed by atoms with Crippen LogP contribution in [0.1, 0.15) is 56.1 Å². The van der Waals surface area contributed by atoms with Crippen LogP contribution < -0.4 is 4.74 Å². The normalized spacial score (nSPS) is 41.4. The molecule has 5 atom stereocenters. The van der Waals surface area contributed by atoms with Gasteiger partial charge in [-0.15, -0.1) is 0 Å². The number of ether oxygens (including phenoxy) is 1. The molecule has 1 aromatic rings. The van der Waals surface area contributed by atoms with E-state index >= 15 is 0 Å². The van der Waals surface area contributed by atoms with Gasteiger partial charge in [-0.3, -0.25) is 0 Å². The smallest absolute Gasteiger partial charge is 0.156 e. The van der Waals surface area contributed by atoms with Gasteiger partial charge in [-0.1, -0.05) is 13.0 Å². The second-order valence-electron chi connectivity index (χ2n) is 7.95. The third kappa shape index (κ3) is 1.91. The van der Waals surface area contributed by atoms with Gasteiger partial charge in [0.05, 0.1) is 13.2 Å². The Labute approximate surface area is 138 Å². The van der Waals surface area contributed by atoms with Crippen LogP contribution in [0.15, 0.2) is 18.2 Å². The monoisotopic (exact) mass is 311 g/mol. The van der Waals surface area contributed by atoms with Crippen LogP contribution in [-0.2, 0) is 6.42 Å². The van der Waals surface area contributed by atoms with Crippen molar-refractivity contribution in [2.45, 2.75) is 57.0 Å². The number of aliphatic hydroxyl groups is 1. The fraction of sp³-hybridized carbons (Fsp3) is 0.650. The molecule has 0 aromatic heterocycles. The molecule has 0 spiro atoms. The molecule has 3 nitrogen and oxygen atoms in total. The summed E-state index contributed by atoms with van der Waals surface area (Å²) >= 11 is 0. The van der Waals surface area contributed by atoms with E-state index in [0.717, 1.165) is 31.4 Å². The van der Waals surface area contributed by atoms with E-state index in [1.54, 1.807) is 7.11 Å². The number of hydrogen-bond donors (Lipinski definition) is 1. The van der Waals surface area contributed by atoms with Crippen LogP contribution in [0.4, 0.5) is 0 Å². The van der Waals surface area contributed by atoms with Gasteiger partial charge in [0.25, 0.3) is 0 Å². The number of hydrogen-bond acceptors (Lipinski definition) is 3. The van der Waals surface area contributed by atoms with E-state index < -0.39 is 5.60 Å². The molecule has 3 aliphatic carbocycles. The molecular weight excluding hydrogens is 286 g/mol. The first-order chi connectivity index (χ1) is 11.0. The summed E-state index contributed by atoms with van der Waals surface area (Å²) in [5, 5.41) is 20.4. The van der Waals surface area contributed by atoms with E-state index in [2.05, 4.69) is 31.2 Å². The Hall–Kier alpha value is -1.53. The zero-order valence-electron chi connectivity index (χ0n) is 14.0. The molecule has 122 valence electrons. The van der Waals surface area contributed by atoms with Crippen molar-refractivity contribution >= 4 is 0 Å². The highest BCUT2D eigenvalue weighted by atomic mass is 16.5. The van der Waals surface area contributed by atoms with E-state index in [9.17, 15) is 10.4 Å². The molecule has 0 saturated heterocycles. The Kier molecular flexibility index (Phi) is 3.25. The van der Waals surface area contributed by atoms with Crippen LogP contribution in [0.3, 0.4) is 0 Å². The van der Waals surface area contributed by atoms with Gasteiger partial charge in [0.15, 0.2) is 5.60 Å². The number of aryl methyl sites for hydroxylation is 1. The summed E-state index contributed by atoms with van der Waals surface area (Å²) in [6.07, 6.45) is 5.93. The number of nitriles is 1. The predicted octanol–water partition coefficient (Wildman–Crippen LogP) is 3.81. The third-order valence-corrected chi connectivity index (χ3v) is 7.27. The molecule has 0 amide bonds. The SMILES string of the molecule is COc1ccc2c(c1)CC[C@@H]1[C@@H]2CC[C@@]2(C)[C@H]1CCC2(O)C#N. The fourth-order valence-corrected chi connectivity index (χ4v) is 5.89. The van der Waals surface area contributed by atoms with Gasteiger partial charge < -0.3 is 9.84 Å². The molecular formula is C20H25NO2. The van der Waals surface area contributed by atoms with Gasteiger partial charge in [-0.05, 0) is 79.5 Å². The zero-order chi connectivity index (χ0) is 16.2. The standard InChI is InChI=1S/C20H25NO2/c1-19-9-7-16-15-6-4-14(23-2)11-13(15)3-5-17(16)18(19)8-10-20(19,22)12-21/h4,6,11,16-18,22H,3,5,7-10H2,1-2H3/t16-,17-,18+,19+,20?/m1/s1. The Morgan fingerprint density at radius 3 is 2.83 bits per heavy atom. The summed E-state index contributed by atoms with van der Waals surface area (Å²) in [6.45, 7) is 2.16. The maximum absolute atomic E-state index is 10.8. The van der Waals surface area contributed by atoms with Crippen LogP contribution in [0.2, 0.25) is 0 Å². The van der Waals surface area contributed by atoms with E-state index in [1.807, 2.05) is 0 Å². The molecule has 2 saturated carbocycles. The molecule has 2 fully saturated rings. The first-order valence-corrected chi connectivity index (χ1v) is 8.83. The molecule has 1 N–H and O–H groups in total. The molecule has 3 heteroatoms. The molecule has 4 rings (SSSR count). The zero-order valence-corrected chi connectivity index (χ0v) is 14.0. The number of rotatable bonds is 1. The van der Waals surface area contributed by atoms with Crippen molar-refractivity contribution in [3.8, 4) is 11.8 Å². The Morgan fingerprint density at radius 1 is 1.26 bits per heavy atom. The first kappa shape index (κ1) is 15.0. The minimum Gasteiger partial charge on any atom is -0.497 e. The summed E-state index contributed by atoms with van der Waals surface area (Å²) in [7, 11) is 1.72. The minimum atomic E-state index is -1.12. The van der Waals surface area contributed by atoms with E-state index in [-0.39, 0.29) is 5.41 Å². The second kappa shape index (κ2) is 4.98. The number of benzene rings is 1. The van der Waals surface area contributed by atoms with Crippen molar-refractivity contribution in [3.63, 3.8) is 0 Å². The molecule has 23 heavy (non-hydrogen) atoms. The van der Waals surface area contributed by atoms with Crippen molar-refractivity contribution in [2.24, 2.45) is 17.3 Å². The largest absolute Gasteiger partial charge is 0.497 e. The highest BCUT2D eigenvalue weighted by Crippen LogP contribution is 2.64. The van der Waals surface area contributed by atoms with E-state index in [4.69, 9.17) is 4.74 Å². The highest BCUT2D eigenvalue weighted by molar-refractivity contribution is 5.41. The van der Waals surface area contributed by atoms with Crippen LogP contribution in [0, 0.1) is 28.6 Å². The number of fused-ring (bicyclic) bond motifs is 5. The van der Waals surface area contributed by atoms with Crippen LogP contribution in [-0.4, -0.2) is 17.8 Å². The van der Waals surface area contributed by atoms with Gasteiger partial charge in [0, 0.05) is 5.41 Å². The summed E-state index contributed by atoms with van der Waals surface area (Å²) in [4.78, 5) is 0. The molecule has 0 radical (unpaired) electrons. The maximum atomic E-state index is 10.8. The highest BCUT2D eigenvalue weighted by Gasteiger charge is 2.62. The molecule has 3 aliphatic rings. The lowest BCUT2D eigenvalue weighted by Gasteiger charge is -2.51. The number of nitrogens with zero attached hydrogens (tertiary/aromatic N) is 1.